The zero-order valence-electron chi connectivity index (χ0n) is 14.3. The summed E-state index contributed by atoms with van der Waals surface area (Å²) in [5.74, 6) is 4.13. The molecule has 0 saturated carbocycles. The molecule has 0 unspecified atom stereocenters. The van der Waals surface area contributed by atoms with Gasteiger partial charge in [0.05, 0.1) is 29.9 Å². The van der Waals surface area contributed by atoms with Crippen LogP contribution in [-0.2, 0) is 19.5 Å². The van der Waals surface area contributed by atoms with E-state index in [1.165, 1.54) is 21.6 Å². The van der Waals surface area contributed by atoms with Crippen molar-refractivity contribution in [2.75, 3.05) is 6.54 Å². The monoisotopic (exact) mass is 349 g/mol. The van der Waals surface area contributed by atoms with Gasteiger partial charge in [-0.3, -0.25) is 14.2 Å². The second-order valence-electron chi connectivity index (χ2n) is 6.00. The second-order valence-corrected chi connectivity index (χ2v) is 6.00. The Balaban J connectivity index is 1.94. The van der Waals surface area contributed by atoms with Crippen LogP contribution in [0.3, 0.4) is 0 Å². The van der Waals surface area contributed by atoms with Gasteiger partial charge >= 0.3 is 0 Å². The Morgan fingerprint density at radius 1 is 1.38 bits per heavy atom. The van der Waals surface area contributed by atoms with E-state index in [0.717, 1.165) is 6.07 Å². The van der Waals surface area contributed by atoms with Gasteiger partial charge in [0.1, 0.15) is 11.6 Å². The Hall–Kier alpha value is -3.38. The molecule has 130 valence electrons. The summed E-state index contributed by atoms with van der Waals surface area (Å²) in [6, 6.07) is 4.03. The maximum absolute atomic E-state index is 14.2. The number of amides is 1. The van der Waals surface area contributed by atoms with Gasteiger partial charge < -0.3 is 4.90 Å². The molecule has 1 aliphatic rings. The standard InChI is InChI=1S/C20H16FN3O2/c1-4-9-24-13(3)22-18-8-10-23(12-16(18)20(24)26)19(25)15-7-6-14(5-2)11-17(15)21/h1-2,6-7,11H,8-10,12H2,3H3. The number of halogens is 1. The fourth-order valence-electron chi connectivity index (χ4n) is 3.03. The zero-order chi connectivity index (χ0) is 18.8. The number of hydrogen-bond donors (Lipinski definition) is 0. The van der Waals surface area contributed by atoms with E-state index in [1.54, 1.807) is 6.92 Å². The third-order valence-corrected chi connectivity index (χ3v) is 4.41. The number of benzene rings is 1. The van der Waals surface area contributed by atoms with Crippen LogP contribution in [-0.4, -0.2) is 26.9 Å². The molecule has 1 amide bonds. The van der Waals surface area contributed by atoms with E-state index in [-0.39, 0.29) is 24.2 Å². The minimum atomic E-state index is -0.678. The van der Waals surface area contributed by atoms with Crippen molar-refractivity contribution in [1.82, 2.24) is 14.5 Å². The van der Waals surface area contributed by atoms with Crippen molar-refractivity contribution in [2.45, 2.75) is 26.4 Å². The smallest absolute Gasteiger partial charge is 0.259 e. The van der Waals surface area contributed by atoms with Crippen LogP contribution in [0.2, 0.25) is 0 Å². The Bertz CT molecular complexity index is 1040. The maximum Gasteiger partial charge on any atom is 0.259 e. The quantitative estimate of drug-likeness (QED) is 0.772. The molecule has 1 aliphatic heterocycles. The highest BCUT2D eigenvalue weighted by atomic mass is 19.1. The molecule has 1 aromatic carbocycles. The lowest BCUT2D eigenvalue weighted by Gasteiger charge is -2.28. The summed E-state index contributed by atoms with van der Waals surface area (Å²) in [5, 5.41) is 0. The van der Waals surface area contributed by atoms with Crippen LogP contribution in [0.25, 0.3) is 0 Å². The normalized spacial score (nSPS) is 12.8. The van der Waals surface area contributed by atoms with E-state index in [9.17, 15) is 14.0 Å². The average molecular weight is 349 g/mol. The van der Waals surface area contributed by atoms with Crippen LogP contribution < -0.4 is 5.56 Å². The van der Waals surface area contributed by atoms with Crippen molar-refractivity contribution in [2.24, 2.45) is 0 Å². The molecule has 0 atom stereocenters. The van der Waals surface area contributed by atoms with Crippen molar-refractivity contribution in [3.8, 4) is 24.7 Å². The number of aromatic nitrogens is 2. The third kappa shape index (κ3) is 2.98. The molecule has 0 N–H and O–H groups in total. The van der Waals surface area contributed by atoms with Crippen LogP contribution in [0, 0.1) is 37.4 Å². The van der Waals surface area contributed by atoms with Gasteiger partial charge in [-0.1, -0.05) is 11.8 Å². The van der Waals surface area contributed by atoms with Gasteiger partial charge in [0, 0.05) is 18.5 Å². The van der Waals surface area contributed by atoms with Gasteiger partial charge in [0.25, 0.3) is 11.5 Å². The summed E-state index contributed by atoms with van der Waals surface area (Å²) in [7, 11) is 0. The van der Waals surface area contributed by atoms with Crippen molar-refractivity contribution >= 4 is 5.91 Å². The first-order valence-electron chi connectivity index (χ1n) is 8.04. The number of carbonyl (C=O) groups is 1. The fourth-order valence-corrected chi connectivity index (χ4v) is 3.03. The maximum atomic E-state index is 14.2. The molecule has 1 aromatic heterocycles. The highest BCUT2D eigenvalue weighted by Crippen LogP contribution is 2.19. The first kappa shape index (κ1) is 17.4. The van der Waals surface area contributed by atoms with Gasteiger partial charge in [-0.2, -0.15) is 0 Å². The Morgan fingerprint density at radius 3 is 2.81 bits per heavy atom. The van der Waals surface area contributed by atoms with Crippen LogP contribution >= 0.6 is 0 Å². The first-order chi connectivity index (χ1) is 12.5. The van der Waals surface area contributed by atoms with E-state index < -0.39 is 11.7 Å². The second kappa shape index (κ2) is 6.85. The fraction of sp³-hybridized carbons (Fsp3) is 0.250. The van der Waals surface area contributed by atoms with Crippen LogP contribution in [0.1, 0.15) is 33.0 Å². The average Bonchev–Trinajstić information content (AvgIpc) is 2.64. The predicted molar refractivity (Wildman–Crippen MR) is 94.8 cm³/mol. The summed E-state index contributed by atoms with van der Waals surface area (Å²) < 4.78 is 15.6. The lowest BCUT2D eigenvalue weighted by Crippen LogP contribution is -2.41. The van der Waals surface area contributed by atoms with E-state index in [0.29, 0.717) is 35.6 Å². The van der Waals surface area contributed by atoms with Crippen molar-refractivity contribution in [3.05, 3.63) is 62.6 Å². The minimum Gasteiger partial charge on any atom is -0.334 e. The van der Waals surface area contributed by atoms with Gasteiger partial charge in [0.2, 0.25) is 0 Å². The van der Waals surface area contributed by atoms with Gasteiger partial charge in [-0.25, -0.2) is 9.37 Å². The van der Waals surface area contributed by atoms with Gasteiger partial charge in [0.15, 0.2) is 0 Å². The summed E-state index contributed by atoms with van der Waals surface area (Å²) in [6.45, 7) is 2.26. The molecule has 0 aliphatic carbocycles. The molecule has 6 heteroatoms. The highest BCUT2D eigenvalue weighted by molar-refractivity contribution is 5.94. The Labute approximate surface area is 150 Å². The van der Waals surface area contributed by atoms with E-state index in [4.69, 9.17) is 12.8 Å². The van der Waals surface area contributed by atoms with Crippen LogP contribution in [0.15, 0.2) is 23.0 Å². The molecule has 26 heavy (non-hydrogen) atoms. The van der Waals surface area contributed by atoms with E-state index in [1.807, 2.05) is 0 Å². The first-order valence-corrected chi connectivity index (χ1v) is 8.04. The van der Waals surface area contributed by atoms with Gasteiger partial charge in [-0.15, -0.1) is 12.8 Å². The molecule has 5 nitrogen and oxygen atoms in total. The summed E-state index contributed by atoms with van der Waals surface area (Å²) in [4.78, 5) is 31.2. The molecule has 0 bridgehead atoms. The van der Waals surface area contributed by atoms with E-state index in [2.05, 4.69) is 16.8 Å². The highest BCUT2D eigenvalue weighted by Gasteiger charge is 2.27. The van der Waals surface area contributed by atoms with Crippen LogP contribution in [0.4, 0.5) is 4.39 Å². The molecule has 3 rings (SSSR count). The van der Waals surface area contributed by atoms with Gasteiger partial charge in [-0.05, 0) is 25.1 Å². The molecular weight excluding hydrogens is 333 g/mol. The minimum absolute atomic E-state index is 0.0706. The molecular formula is C20H16FN3O2. The SMILES string of the molecule is C#CCn1c(C)nc2c(c1=O)CN(C(=O)c1ccc(C#C)cc1F)CC2. The number of carbonyl (C=O) groups excluding carboxylic acids is 1. The summed E-state index contributed by atoms with van der Waals surface area (Å²) in [5.41, 5.74) is 1.11. The molecule has 0 fully saturated rings. The van der Waals surface area contributed by atoms with Crippen LogP contribution in [0.5, 0.6) is 0 Å². The number of aryl methyl sites for hydroxylation is 1. The lowest BCUT2D eigenvalue weighted by atomic mass is 10.0. The number of nitrogens with zero attached hydrogens (tertiary/aromatic N) is 3. The molecule has 0 spiro atoms. The Morgan fingerprint density at radius 2 is 2.15 bits per heavy atom. The largest absolute Gasteiger partial charge is 0.334 e. The summed E-state index contributed by atoms with van der Waals surface area (Å²) >= 11 is 0. The predicted octanol–water partition coefficient (Wildman–Crippen LogP) is 1.50. The topological polar surface area (TPSA) is 55.2 Å². The number of fused-ring (bicyclic) bond motifs is 1. The lowest BCUT2D eigenvalue weighted by molar-refractivity contribution is 0.0727. The Kier molecular flexibility index (Phi) is 4.60. The molecule has 2 aromatic rings. The number of hydrogen-bond acceptors (Lipinski definition) is 3. The zero-order valence-corrected chi connectivity index (χ0v) is 14.3. The summed E-state index contributed by atoms with van der Waals surface area (Å²) in [6.07, 6.45) is 11.0. The van der Waals surface area contributed by atoms with Crippen molar-refractivity contribution < 1.29 is 9.18 Å². The van der Waals surface area contributed by atoms with E-state index >= 15 is 0 Å². The number of rotatable bonds is 2. The van der Waals surface area contributed by atoms with Crippen molar-refractivity contribution in [3.63, 3.8) is 0 Å². The molecule has 0 radical (unpaired) electrons. The molecule has 2 heterocycles. The number of terminal acetylenes is 2. The third-order valence-electron chi connectivity index (χ3n) is 4.41. The molecule has 0 saturated heterocycles. The van der Waals surface area contributed by atoms with Crippen molar-refractivity contribution in [1.29, 1.82) is 0 Å².